The molecule has 0 aliphatic rings. The van der Waals surface area contributed by atoms with E-state index in [9.17, 15) is 15.0 Å². The van der Waals surface area contributed by atoms with Gasteiger partial charge in [0.15, 0.2) is 0 Å². The van der Waals surface area contributed by atoms with Crippen LogP contribution in [0.1, 0.15) is 11.1 Å². The van der Waals surface area contributed by atoms with E-state index in [0.29, 0.717) is 13.0 Å². The number of rotatable bonds is 8. The van der Waals surface area contributed by atoms with Gasteiger partial charge in [-0.3, -0.25) is 10.1 Å². The highest BCUT2D eigenvalue weighted by Gasteiger charge is 2.20. The van der Waals surface area contributed by atoms with Gasteiger partial charge in [-0.15, -0.1) is 0 Å². The number of hydrogen-bond acceptors (Lipinski definition) is 4. The second kappa shape index (κ2) is 9.28. The zero-order valence-electron chi connectivity index (χ0n) is 16.8. The summed E-state index contributed by atoms with van der Waals surface area (Å²) in [7, 11) is 0. The van der Waals surface area contributed by atoms with Crippen molar-refractivity contribution >= 4 is 5.97 Å². The number of phenols is 1. The molecule has 3 N–H and O–H groups in total. The quantitative estimate of drug-likeness (QED) is 0.406. The van der Waals surface area contributed by atoms with Crippen LogP contribution in [0.5, 0.6) is 5.75 Å². The highest BCUT2D eigenvalue weighted by molar-refractivity contribution is 5.74. The van der Waals surface area contributed by atoms with Crippen LogP contribution in [0.15, 0.2) is 91.1 Å². The highest BCUT2D eigenvalue weighted by atomic mass is 16.4. The van der Waals surface area contributed by atoms with Crippen LogP contribution in [0.25, 0.3) is 16.9 Å². The van der Waals surface area contributed by atoms with Crippen LogP contribution in [0, 0.1) is 0 Å². The van der Waals surface area contributed by atoms with E-state index in [2.05, 4.69) is 5.32 Å². The fourth-order valence-electron chi connectivity index (χ4n) is 3.44. The van der Waals surface area contributed by atoms with Crippen LogP contribution in [0.4, 0.5) is 0 Å². The molecule has 0 bridgehead atoms. The van der Waals surface area contributed by atoms with Crippen molar-refractivity contribution in [3.05, 3.63) is 102 Å². The average Bonchev–Trinajstić information content (AvgIpc) is 3.23. The fraction of sp³-hybridized carbons (Fsp3) is 0.120. The predicted molar refractivity (Wildman–Crippen MR) is 119 cm³/mol. The summed E-state index contributed by atoms with van der Waals surface area (Å²) in [6, 6.07) is 25.5. The number of aromatic nitrogens is 2. The molecule has 4 rings (SSSR count). The van der Waals surface area contributed by atoms with E-state index in [4.69, 9.17) is 5.10 Å². The maximum absolute atomic E-state index is 11.8. The van der Waals surface area contributed by atoms with Crippen molar-refractivity contribution < 1.29 is 15.0 Å². The first-order valence-electron chi connectivity index (χ1n) is 10.0. The monoisotopic (exact) mass is 413 g/mol. The minimum absolute atomic E-state index is 0.157. The molecule has 1 atom stereocenters. The molecule has 6 heteroatoms. The van der Waals surface area contributed by atoms with E-state index < -0.39 is 12.0 Å². The highest BCUT2D eigenvalue weighted by Crippen LogP contribution is 2.24. The van der Waals surface area contributed by atoms with Gasteiger partial charge in [0.1, 0.15) is 11.8 Å². The second-order valence-corrected chi connectivity index (χ2v) is 7.29. The topological polar surface area (TPSA) is 87.4 Å². The molecule has 0 aliphatic carbocycles. The van der Waals surface area contributed by atoms with Crippen LogP contribution >= 0.6 is 0 Å². The van der Waals surface area contributed by atoms with Gasteiger partial charge >= 0.3 is 5.97 Å². The van der Waals surface area contributed by atoms with Gasteiger partial charge in [0.05, 0.1) is 11.4 Å². The van der Waals surface area contributed by atoms with E-state index >= 15 is 0 Å². The molecule has 156 valence electrons. The van der Waals surface area contributed by atoms with Crippen molar-refractivity contribution in [2.45, 2.75) is 19.0 Å². The zero-order valence-corrected chi connectivity index (χ0v) is 16.8. The Morgan fingerprint density at radius 2 is 1.58 bits per heavy atom. The lowest BCUT2D eigenvalue weighted by molar-refractivity contribution is -0.139. The van der Waals surface area contributed by atoms with E-state index in [1.807, 2.05) is 71.5 Å². The Morgan fingerprint density at radius 1 is 0.935 bits per heavy atom. The van der Waals surface area contributed by atoms with Crippen molar-refractivity contribution in [2.24, 2.45) is 0 Å². The first-order valence-corrected chi connectivity index (χ1v) is 10.0. The summed E-state index contributed by atoms with van der Waals surface area (Å²) < 4.78 is 1.81. The molecule has 0 saturated carbocycles. The first-order chi connectivity index (χ1) is 15.1. The summed E-state index contributed by atoms with van der Waals surface area (Å²) in [4.78, 5) is 11.8. The van der Waals surface area contributed by atoms with Gasteiger partial charge < -0.3 is 10.2 Å². The number of aromatic hydroxyl groups is 1. The number of carboxylic acid groups (broad SMARTS) is 1. The normalized spacial score (nSPS) is 11.9. The molecule has 1 aromatic heterocycles. The number of nitrogens with one attached hydrogen (secondary N) is 1. The second-order valence-electron chi connectivity index (χ2n) is 7.29. The van der Waals surface area contributed by atoms with Crippen molar-refractivity contribution in [2.75, 3.05) is 0 Å². The van der Waals surface area contributed by atoms with E-state index in [-0.39, 0.29) is 5.75 Å². The molecule has 0 fully saturated rings. The molecule has 0 saturated heterocycles. The third kappa shape index (κ3) is 4.99. The molecule has 31 heavy (non-hydrogen) atoms. The van der Waals surface area contributed by atoms with Gasteiger partial charge in [-0.05, 0) is 36.2 Å². The van der Waals surface area contributed by atoms with Gasteiger partial charge in [0, 0.05) is 23.9 Å². The molecule has 0 unspecified atom stereocenters. The number of carbonyl (C=O) groups is 1. The van der Waals surface area contributed by atoms with E-state index in [0.717, 1.165) is 28.1 Å². The number of benzene rings is 3. The smallest absolute Gasteiger partial charge is 0.321 e. The summed E-state index contributed by atoms with van der Waals surface area (Å²) in [5.74, 6) is -0.769. The standard InChI is InChI=1S/C25H23N3O3/c29-22-13-11-18(12-14-22)15-23(25(30)31)26-16-20-17-28(21-9-5-2-6-10-21)27-24(20)19-7-3-1-4-8-19/h1-14,17,23,26,29H,15-16H2,(H,30,31)/t23-/m0/s1. The molecule has 1 heterocycles. The molecule has 3 aromatic carbocycles. The molecule has 0 aliphatic heterocycles. The van der Waals surface area contributed by atoms with Gasteiger partial charge in [0.2, 0.25) is 0 Å². The Hall–Kier alpha value is -3.90. The third-order valence-electron chi connectivity index (χ3n) is 5.07. The van der Waals surface area contributed by atoms with Gasteiger partial charge in [-0.25, -0.2) is 4.68 Å². The van der Waals surface area contributed by atoms with E-state index in [1.54, 1.807) is 24.3 Å². The molecule has 0 spiro atoms. The molecular formula is C25H23N3O3. The van der Waals surface area contributed by atoms with E-state index in [1.165, 1.54) is 0 Å². The number of phenolic OH excluding ortho intramolecular Hbond substituents is 1. The lowest BCUT2D eigenvalue weighted by Crippen LogP contribution is -2.38. The van der Waals surface area contributed by atoms with Gasteiger partial charge in [-0.1, -0.05) is 60.7 Å². The van der Waals surface area contributed by atoms with Crippen molar-refractivity contribution in [1.29, 1.82) is 0 Å². The molecular weight excluding hydrogens is 390 g/mol. The maximum Gasteiger partial charge on any atom is 0.321 e. The number of para-hydroxylation sites is 1. The minimum Gasteiger partial charge on any atom is -0.508 e. The van der Waals surface area contributed by atoms with Crippen molar-refractivity contribution in [3.63, 3.8) is 0 Å². The van der Waals surface area contributed by atoms with Crippen molar-refractivity contribution in [3.8, 4) is 22.7 Å². The van der Waals surface area contributed by atoms with Crippen LogP contribution in [-0.4, -0.2) is 32.0 Å². The lowest BCUT2D eigenvalue weighted by atomic mass is 10.0. The summed E-state index contributed by atoms with van der Waals surface area (Å²) in [6.45, 7) is 0.353. The fourth-order valence-corrected chi connectivity index (χ4v) is 3.44. The first kappa shape index (κ1) is 20.4. The van der Waals surface area contributed by atoms with Gasteiger partial charge in [0.25, 0.3) is 0 Å². The Morgan fingerprint density at radius 3 is 2.23 bits per heavy atom. The SMILES string of the molecule is O=C(O)[C@H](Cc1ccc(O)cc1)NCc1cn(-c2ccccc2)nc1-c1ccccc1. The Kier molecular flexibility index (Phi) is 6.10. The van der Waals surface area contributed by atoms with Gasteiger partial charge in [-0.2, -0.15) is 5.10 Å². The molecule has 6 nitrogen and oxygen atoms in total. The Bertz CT molecular complexity index is 1140. The lowest BCUT2D eigenvalue weighted by Gasteiger charge is -2.14. The maximum atomic E-state index is 11.8. The van der Waals surface area contributed by atoms with Crippen LogP contribution in [0.3, 0.4) is 0 Å². The summed E-state index contributed by atoms with van der Waals surface area (Å²) >= 11 is 0. The molecule has 0 amide bonds. The largest absolute Gasteiger partial charge is 0.508 e. The summed E-state index contributed by atoms with van der Waals surface area (Å²) in [5, 5.41) is 27.1. The summed E-state index contributed by atoms with van der Waals surface area (Å²) in [6.07, 6.45) is 2.24. The molecule has 0 radical (unpaired) electrons. The third-order valence-corrected chi connectivity index (χ3v) is 5.07. The predicted octanol–water partition coefficient (Wildman–Crippen LogP) is 4.03. The number of hydrogen-bond donors (Lipinski definition) is 3. The number of carboxylic acids is 1. The van der Waals surface area contributed by atoms with Crippen LogP contribution in [0.2, 0.25) is 0 Å². The summed E-state index contributed by atoms with van der Waals surface area (Å²) in [5.41, 5.74) is 4.46. The average molecular weight is 413 g/mol. The van der Waals surface area contributed by atoms with Crippen molar-refractivity contribution in [1.82, 2.24) is 15.1 Å². The zero-order chi connectivity index (χ0) is 21.6. The van der Waals surface area contributed by atoms with Crippen LogP contribution < -0.4 is 5.32 Å². The Labute approximate surface area is 180 Å². The number of aliphatic carboxylic acids is 1. The Balaban J connectivity index is 1.59. The number of nitrogens with zero attached hydrogens (tertiary/aromatic N) is 2. The molecule has 4 aromatic rings. The minimum atomic E-state index is -0.926. The van der Waals surface area contributed by atoms with Crippen LogP contribution in [-0.2, 0) is 17.8 Å².